The second kappa shape index (κ2) is 6.99. The number of rotatable bonds is 2. The molecule has 0 fully saturated rings. The maximum atomic E-state index is 11.9. The molecule has 0 bridgehead atoms. The van der Waals surface area contributed by atoms with Gasteiger partial charge in [-0.25, -0.2) is 0 Å². The fourth-order valence-corrected chi connectivity index (χ4v) is 4.41. The molecule has 1 unspecified atom stereocenters. The molecule has 1 N–H and O–H groups in total. The molecule has 2 heteroatoms. The molecule has 4 rings (SSSR count). The lowest BCUT2D eigenvalue weighted by molar-refractivity contribution is -0.131. The smallest absolute Gasteiger partial charge is 0.239 e. The summed E-state index contributed by atoms with van der Waals surface area (Å²) in [6.45, 7) is 13.2. The number of hydrogen-bond donors (Lipinski definition) is 1. The maximum absolute atomic E-state index is 11.9. The maximum Gasteiger partial charge on any atom is 0.239 e. The first-order valence-corrected chi connectivity index (χ1v) is 10.7. The molecule has 156 valence electrons. The zero-order valence-electron chi connectivity index (χ0n) is 18.9. The summed E-state index contributed by atoms with van der Waals surface area (Å²) in [4.78, 5) is 0. The van der Waals surface area contributed by atoms with Crippen molar-refractivity contribution in [3.05, 3.63) is 89.0 Å². The van der Waals surface area contributed by atoms with Gasteiger partial charge in [-0.2, -0.15) is 0 Å². The molecule has 1 aliphatic rings. The molecule has 2 nitrogen and oxygen atoms in total. The van der Waals surface area contributed by atoms with Crippen LogP contribution < -0.4 is 4.74 Å². The van der Waals surface area contributed by atoms with Crippen LogP contribution in [0.3, 0.4) is 0 Å². The summed E-state index contributed by atoms with van der Waals surface area (Å²) in [5.74, 6) is -0.601. The van der Waals surface area contributed by atoms with Crippen LogP contribution >= 0.6 is 0 Å². The van der Waals surface area contributed by atoms with Gasteiger partial charge in [0.1, 0.15) is 5.75 Å². The Morgan fingerprint density at radius 2 is 1.27 bits per heavy atom. The zero-order chi connectivity index (χ0) is 21.7. The van der Waals surface area contributed by atoms with E-state index in [4.69, 9.17) is 4.74 Å². The van der Waals surface area contributed by atoms with E-state index in [0.29, 0.717) is 6.42 Å². The van der Waals surface area contributed by atoms with E-state index in [1.807, 2.05) is 30.3 Å². The van der Waals surface area contributed by atoms with Gasteiger partial charge >= 0.3 is 0 Å². The van der Waals surface area contributed by atoms with Crippen LogP contribution in [0.1, 0.15) is 63.8 Å². The lowest BCUT2D eigenvalue weighted by Gasteiger charge is -2.37. The Labute approximate surface area is 180 Å². The Kier molecular flexibility index (Phi) is 4.82. The van der Waals surface area contributed by atoms with Crippen molar-refractivity contribution >= 4 is 0 Å². The molecular formula is C28H32O2. The molecule has 1 atom stereocenters. The minimum absolute atomic E-state index is 0.159. The Balaban J connectivity index is 2.00. The van der Waals surface area contributed by atoms with Crippen LogP contribution in [0.5, 0.6) is 5.75 Å². The van der Waals surface area contributed by atoms with Gasteiger partial charge in [0.2, 0.25) is 5.79 Å². The third-order valence-corrected chi connectivity index (χ3v) is 5.93. The van der Waals surface area contributed by atoms with Crippen molar-refractivity contribution in [1.82, 2.24) is 0 Å². The van der Waals surface area contributed by atoms with Crippen LogP contribution in [0.4, 0.5) is 0 Å². The van der Waals surface area contributed by atoms with E-state index < -0.39 is 5.79 Å². The molecule has 0 saturated heterocycles. The average molecular weight is 401 g/mol. The van der Waals surface area contributed by atoms with Crippen LogP contribution in [0.25, 0.3) is 11.1 Å². The third-order valence-electron chi connectivity index (χ3n) is 5.93. The van der Waals surface area contributed by atoms with Gasteiger partial charge < -0.3 is 9.84 Å². The predicted octanol–water partition coefficient (Wildman–Crippen LogP) is 6.73. The highest BCUT2D eigenvalue weighted by Crippen LogP contribution is 2.48. The summed E-state index contributed by atoms with van der Waals surface area (Å²) in [6.07, 6.45) is 0.458. The van der Waals surface area contributed by atoms with Crippen LogP contribution in [0.15, 0.2) is 66.7 Å². The average Bonchev–Trinajstić information content (AvgIpc) is 3.03. The van der Waals surface area contributed by atoms with E-state index in [2.05, 4.69) is 77.9 Å². The number of hydrogen-bond acceptors (Lipinski definition) is 2. The van der Waals surface area contributed by atoms with Gasteiger partial charge in [-0.15, -0.1) is 0 Å². The first kappa shape index (κ1) is 20.7. The van der Waals surface area contributed by atoms with Crippen molar-refractivity contribution in [1.29, 1.82) is 0 Å². The van der Waals surface area contributed by atoms with Gasteiger partial charge in [0.15, 0.2) is 0 Å². The topological polar surface area (TPSA) is 29.5 Å². The van der Waals surface area contributed by atoms with Gasteiger partial charge in [-0.05, 0) is 39.2 Å². The molecule has 0 spiro atoms. The number of ether oxygens (including phenoxy) is 1. The molecule has 1 heterocycles. The predicted molar refractivity (Wildman–Crippen MR) is 124 cm³/mol. The summed E-state index contributed by atoms with van der Waals surface area (Å²) in [7, 11) is 0. The molecule has 1 aliphatic heterocycles. The summed E-state index contributed by atoms with van der Waals surface area (Å²) >= 11 is 0. The molecule has 30 heavy (non-hydrogen) atoms. The van der Waals surface area contributed by atoms with E-state index >= 15 is 0 Å². The zero-order valence-corrected chi connectivity index (χ0v) is 18.9. The first-order valence-electron chi connectivity index (χ1n) is 10.7. The Morgan fingerprint density at radius 1 is 0.733 bits per heavy atom. The molecule has 3 aromatic rings. The summed E-state index contributed by atoms with van der Waals surface area (Å²) in [5, 5.41) is 11.9. The van der Waals surface area contributed by atoms with E-state index in [1.165, 1.54) is 11.1 Å². The molecular weight excluding hydrogens is 368 g/mol. The van der Waals surface area contributed by atoms with Crippen molar-refractivity contribution in [3.63, 3.8) is 0 Å². The molecule has 0 amide bonds. The highest BCUT2D eigenvalue weighted by Gasteiger charge is 2.45. The highest BCUT2D eigenvalue weighted by atomic mass is 16.6. The quantitative estimate of drug-likeness (QED) is 0.517. The van der Waals surface area contributed by atoms with E-state index in [1.54, 1.807) is 0 Å². The second-order valence-electron chi connectivity index (χ2n) is 10.5. The summed E-state index contributed by atoms with van der Waals surface area (Å²) < 4.78 is 6.25. The number of aliphatic hydroxyl groups is 1. The van der Waals surface area contributed by atoms with Crippen molar-refractivity contribution in [2.75, 3.05) is 0 Å². The van der Waals surface area contributed by atoms with Gasteiger partial charge in [0.25, 0.3) is 0 Å². The monoisotopic (exact) mass is 400 g/mol. The SMILES string of the molecule is CC(C)(C)c1cc(-c2ccccc2)cc(C(C)(C)C)c1C1(O)Cc2ccccc2O1. The van der Waals surface area contributed by atoms with Crippen LogP contribution in [-0.2, 0) is 23.0 Å². The molecule has 0 saturated carbocycles. The fraction of sp³-hybridized carbons (Fsp3) is 0.357. The third kappa shape index (κ3) is 3.65. The summed E-state index contributed by atoms with van der Waals surface area (Å²) in [5.41, 5.74) is 6.26. The Bertz CT molecular complexity index is 1010. The first-order chi connectivity index (χ1) is 14.0. The standard InChI is InChI=1S/C28H32O2/c1-26(2,3)22-16-21(19-12-8-7-9-13-19)17-23(27(4,5)6)25(22)28(29)18-20-14-10-11-15-24(20)30-28/h7-17,29H,18H2,1-6H3. The lowest BCUT2D eigenvalue weighted by atomic mass is 9.72. The van der Waals surface area contributed by atoms with Gasteiger partial charge in [0.05, 0.1) is 0 Å². The fourth-order valence-electron chi connectivity index (χ4n) is 4.41. The van der Waals surface area contributed by atoms with Crippen molar-refractivity contribution in [2.45, 2.75) is 64.6 Å². The number of fused-ring (bicyclic) bond motifs is 1. The van der Waals surface area contributed by atoms with Crippen molar-refractivity contribution < 1.29 is 9.84 Å². The van der Waals surface area contributed by atoms with Gasteiger partial charge in [0, 0.05) is 17.5 Å². The van der Waals surface area contributed by atoms with Crippen LogP contribution in [0.2, 0.25) is 0 Å². The van der Waals surface area contributed by atoms with Crippen molar-refractivity contribution in [2.24, 2.45) is 0 Å². The minimum Gasteiger partial charge on any atom is -0.458 e. The molecule has 0 radical (unpaired) electrons. The number of para-hydroxylation sites is 1. The molecule has 0 aliphatic carbocycles. The highest BCUT2D eigenvalue weighted by molar-refractivity contribution is 5.68. The van der Waals surface area contributed by atoms with E-state index in [-0.39, 0.29) is 10.8 Å². The van der Waals surface area contributed by atoms with Crippen molar-refractivity contribution in [3.8, 4) is 16.9 Å². The molecule has 0 aromatic heterocycles. The normalized spacial score (nSPS) is 18.8. The van der Waals surface area contributed by atoms with Crippen LogP contribution in [-0.4, -0.2) is 5.11 Å². The summed E-state index contributed by atoms with van der Waals surface area (Å²) in [6, 6.07) is 22.9. The minimum atomic E-state index is -1.37. The van der Waals surface area contributed by atoms with Gasteiger partial charge in [-0.3, -0.25) is 0 Å². The Morgan fingerprint density at radius 3 is 1.80 bits per heavy atom. The van der Waals surface area contributed by atoms with E-state index in [9.17, 15) is 5.11 Å². The largest absolute Gasteiger partial charge is 0.458 e. The van der Waals surface area contributed by atoms with E-state index in [0.717, 1.165) is 28.0 Å². The van der Waals surface area contributed by atoms with Gasteiger partial charge in [-0.1, -0.05) is 102 Å². The van der Waals surface area contributed by atoms with Crippen LogP contribution in [0, 0.1) is 0 Å². The Hall–Kier alpha value is -2.58. The lowest BCUT2D eigenvalue weighted by Crippen LogP contribution is -2.37. The second-order valence-corrected chi connectivity index (χ2v) is 10.5. The number of benzene rings is 3. The molecule has 3 aromatic carbocycles.